The molecule has 0 saturated heterocycles. The van der Waals surface area contributed by atoms with E-state index >= 15 is 0 Å². The van der Waals surface area contributed by atoms with Gasteiger partial charge in [-0.15, -0.1) is 11.8 Å². The van der Waals surface area contributed by atoms with Crippen LogP contribution in [0, 0.1) is 0 Å². The first-order valence-electron chi connectivity index (χ1n) is 9.55. The lowest BCUT2D eigenvalue weighted by molar-refractivity contribution is -0.136. The van der Waals surface area contributed by atoms with Gasteiger partial charge in [0.05, 0.1) is 25.3 Å². The van der Waals surface area contributed by atoms with E-state index < -0.39 is 10.0 Å². The number of carbonyl (C=O) groups excluding carboxylic acids is 2. The predicted octanol–water partition coefficient (Wildman–Crippen LogP) is 5.01. The lowest BCUT2D eigenvalue weighted by Crippen LogP contribution is -2.50. The van der Waals surface area contributed by atoms with E-state index in [9.17, 15) is 9.59 Å². The van der Waals surface area contributed by atoms with E-state index in [0.29, 0.717) is 10.5 Å². The van der Waals surface area contributed by atoms with Crippen LogP contribution < -0.4 is 4.90 Å². The Labute approximate surface area is 189 Å². The maximum atomic E-state index is 12.8. The summed E-state index contributed by atoms with van der Waals surface area (Å²) < 4.78 is 9.30. The molecule has 0 aromatic heterocycles. The van der Waals surface area contributed by atoms with E-state index in [4.69, 9.17) is 9.47 Å². The summed E-state index contributed by atoms with van der Waals surface area (Å²) in [6.07, 6.45) is 0. The van der Waals surface area contributed by atoms with Crippen LogP contribution in [0.3, 0.4) is 0 Å². The number of benzene rings is 1. The Morgan fingerprint density at radius 3 is 2.43 bits per heavy atom. The Morgan fingerprint density at radius 1 is 1.07 bits per heavy atom. The molecule has 0 aliphatic carbocycles. The molecule has 30 heavy (non-hydrogen) atoms. The van der Waals surface area contributed by atoms with Crippen molar-refractivity contribution in [1.29, 1.82) is 0 Å². The topological polar surface area (TPSA) is 55.8 Å². The Bertz CT molecular complexity index is 1030. The number of hydrogen-bond donors (Lipinski definition) is 0. The molecule has 1 atom stereocenters. The number of ether oxygens (including phenoxy) is 2. The van der Waals surface area contributed by atoms with Gasteiger partial charge in [0.1, 0.15) is 8.98 Å². The van der Waals surface area contributed by atoms with Gasteiger partial charge in [0.2, 0.25) is 0 Å². The van der Waals surface area contributed by atoms with Crippen molar-refractivity contribution < 1.29 is 19.1 Å². The molecule has 0 radical (unpaired) electrons. The van der Waals surface area contributed by atoms with Gasteiger partial charge >= 0.3 is 11.9 Å². The predicted molar refractivity (Wildman–Crippen MR) is 126 cm³/mol. The van der Waals surface area contributed by atoms with Crippen LogP contribution in [-0.2, 0) is 19.1 Å². The number of fused-ring (bicyclic) bond motifs is 3. The van der Waals surface area contributed by atoms with Crippen LogP contribution in [-0.4, -0.2) is 42.3 Å². The minimum atomic E-state index is -0.801. The van der Waals surface area contributed by atoms with Gasteiger partial charge < -0.3 is 14.4 Å². The Kier molecular flexibility index (Phi) is 5.53. The number of hydrogen-bond acceptors (Lipinski definition) is 8. The van der Waals surface area contributed by atoms with E-state index in [1.165, 1.54) is 42.6 Å². The van der Waals surface area contributed by atoms with Crippen molar-refractivity contribution in [3.8, 4) is 0 Å². The second kappa shape index (κ2) is 7.73. The number of esters is 2. The SMILES string of the molecule is CCN1c2ccccc2C2=C(SC=C(C(=O)OC)C23SC=C(C(=O)OC)S3)C1(C)C. The zero-order valence-corrected chi connectivity index (χ0v) is 19.9. The minimum absolute atomic E-state index is 0.274. The van der Waals surface area contributed by atoms with Crippen molar-refractivity contribution in [3.05, 3.63) is 56.0 Å². The average Bonchev–Trinajstić information content (AvgIpc) is 3.18. The van der Waals surface area contributed by atoms with Crippen molar-refractivity contribution in [2.75, 3.05) is 25.7 Å². The molecule has 5 nitrogen and oxygen atoms in total. The third-order valence-electron chi connectivity index (χ3n) is 5.59. The number of likely N-dealkylation sites (N-methyl/N-ethyl adjacent to an activating group) is 1. The minimum Gasteiger partial charge on any atom is -0.466 e. The first kappa shape index (κ1) is 21.5. The fourth-order valence-corrected chi connectivity index (χ4v) is 8.77. The summed E-state index contributed by atoms with van der Waals surface area (Å²) in [6, 6.07) is 8.28. The standard InChI is InChI=1S/C22H23NO4S3/c1-6-23-15-10-8-7-9-13(15)17-18(21(23,2)3)28-11-14(19(24)26-4)22(17)29-12-16(30-22)20(25)27-5/h7-12H,6H2,1-5H3. The fraction of sp³-hybridized carbons (Fsp3) is 0.364. The molecule has 1 aromatic carbocycles. The number of carbonyl (C=O) groups is 2. The number of anilines is 1. The third kappa shape index (κ3) is 2.95. The number of para-hydroxylation sites is 1. The summed E-state index contributed by atoms with van der Waals surface area (Å²) in [5.41, 5.74) is 3.53. The Morgan fingerprint density at radius 2 is 1.77 bits per heavy atom. The largest absolute Gasteiger partial charge is 0.466 e. The van der Waals surface area contributed by atoms with Gasteiger partial charge in [0, 0.05) is 28.3 Å². The molecule has 1 spiro atoms. The highest BCUT2D eigenvalue weighted by atomic mass is 32.2. The van der Waals surface area contributed by atoms with E-state index in [0.717, 1.165) is 23.4 Å². The molecule has 8 heteroatoms. The van der Waals surface area contributed by atoms with Crippen LogP contribution in [0.1, 0.15) is 26.3 Å². The number of thioether (sulfide) groups is 3. The highest BCUT2D eigenvalue weighted by Gasteiger charge is 2.55. The van der Waals surface area contributed by atoms with Crippen LogP contribution in [0.4, 0.5) is 5.69 Å². The number of nitrogens with zero attached hydrogens (tertiary/aromatic N) is 1. The molecule has 1 aromatic rings. The third-order valence-corrected chi connectivity index (χ3v) is 9.90. The van der Waals surface area contributed by atoms with Crippen LogP contribution in [0.5, 0.6) is 0 Å². The highest BCUT2D eigenvalue weighted by Crippen LogP contribution is 2.67. The van der Waals surface area contributed by atoms with E-state index in [1.807, 2.05) is 17.5 Å². The molecule has 0 N–H and O–H groups in total. The fourth-order valence-electron chi connectivity index (χ4n) is 4.25. The average molecular weight is 462 g/mol. The molecule has 1 unspecified atom stereocenters. The molecule has 158 valence electrons. The highest BCUT2D eigenvalue weighted by molar-refractivity contribution is 8.25. The van der Waals surface area contributed by atoms with Gasteiger partial charge in [0.25, 0.3) is 0 Å². The van der Waals surface area contributed by atoms with Gasteiger partial charge in [-0.1, -0.05) is 41.7 Å². The molecule has 0 fully saturated rings. The van der Waals surface area contributed by atoms with E-state index in [1.54, 1.807) is 17.2 Å². The van der Waals surface area contributed by atoms with Gasteiger partial charge in [-0.25, -0.2) is 9.59 Å². The lowest BCUT2D eigenvalue weighted by atomic mass is 9.84. The maximum Gasteiger partial charge on any atom is 0.344 e. The van der Waals surface area contributed by atoms with Crippen molar-refractivity contribution in [2.45, 2.75) is 30.4 Å². The Hall–Kier alpha value is -1.77. The second-order valence-corrected chi connectivity index (χ2v) is 11.0. The molecule has 4 rings (SSSR count). The molecule has 0 amide bonds. The van der Waals surface area contributed by atoms with Crippen LogP contribution in [0.2, 0.25) is 0 Å². The van der Waals surface area contributed by atoms with E-state index in [2.05, 4.69) is 37.8 Å². The van der Waals surface area contributed by atoms with Crippen molar-refractivity contribution >= 4 is 58.5 Å². The normalized spacial score (nSPS) is 24.1. The summed E-state index contributed by atoms with van der Waals surface area (Å²) in [5.74, 6) is -0.783. The summed E-state index contributed by atoms with van der Waals surface area (Å²) in [6.45, 7) is 7.42. The van der Waals surface area contributed by atoms with Crippen molar-refractivity contribution in [2.24, 2.45) is 0 Å². The molecule has 0 bridgehead atoms. The smallest absolute Gasteiger partial charge is 0.344 e. The monoisotopic (exact) mass is 461 g/mol. The zero-order valence-electron chi connectivity index (χ0n) is 17.5. The first-order chi connectivity index (χ1) is 14.3. The van der Waals surface area contributed by atoms with Crippen molar-refractivity contribution in [3.63, 3.8) is 0 Å². The molecule has 3 aliphatic heterocycles. The Balaban J connectivity index is 1.97. The van der Waals surface area contributed by atoms with Crippen LogP contribution in [0.15, 0.2) is 50.5 Å². The summed E-state index contributed by atoms with van der Waals surface area (Å²) in [7, 11) is 2.76. The van der Waals surface area contributed by atoms with Crippen molar-refractivity contribution in [1.82, 2.24) is 0 Å². The molecular weight excluding hydrogens is 438 g/mol. The number of methoxy groups -OCH3 is 2. The maximum absolute atomic E-state index is 12.8. The second-order valence-electron chi connectivity index (χ2n) is 7.48. The first-order valence-corrected chi connectivity index (χ1v) is 12.1. The van der Waals surface area contributed by atoms with E-state index in [-0.39, 0.29) is 11.5 Å². The van der Waals surface area contributed by atoms with Crippen LogP contribution >= 0.6 is 35.3 Å². The summed E-state index contributed by atoms with van der Waals surface area (Å²) in [4.78, 5) is 29.2. The lowest BCUT2D eigenvalue weighted by Gasteiger charge is -2.51. The molecule has 3 aliphatic rings. The zero-order chi connectivity index (χ0) is 21.7. The summed E-state index contributed by atoms with van der Waals surface area (Å²) >= 11 is 4.41. The van der Waals surface area contributed by atoms with Gasteiger partial charge in [0.15, 0.2) is 0 Å². The van der Waals surface area contributed by atoms with Gasteiger partial charge in [-0.3, -0.25) is 0 Å². The van der Waals surface area contributed by atoms with Crippen LogP contribution in [0.25, 0.3) is 5.57 Å². The molecule has 0 saturated carbocycles. The van der Waals surface area contributed by atoms with Gasteiger partial charge in [-0.2, -0.15) is 0 Å². The summed E-state index contributed by atoms with van der Waals surface area (Å²) in [5, 5.41) is 3.69. The van der Waals surface area contributed by atoms with Gasteiger partial charge in [-0.05, 0) is 37.7 Å². The molecule has 3 heterocycles. The quantitative estimate of drug-likeness (QED) is 0.582. The molecular formula is C22H23NO4S3. The number of rotatable bonds is 3.